The third kappa shape index (κ3) is 3.68. The van der Waals surface area contributed by atoms with Crippen LogP contribution in [0.4, 0.5) is 0 Å². The van der Waals surface area contributed by atoms with Crippen molar-refractivity contribution in [1.29, 1.82) is 0 Å². The van der Waals surface area contributed by atoms with Crippen molar-refractivity contribution in [3.05, 3.63) is 76.4 Å². The number of fused-ring (bicyclic) bond motifs is 1. The summed E-state index contributed by atoms with van der Waals surface area (Å²) >= 11 is 0. The van der Waals surface area contributed by atoms with E-state index in [1.54, 1.807) is 6.26 Å². The highest BCUT2D eigenvalue weighted by Gasteiger charge is 2.19. The fourth-order valence-corrected chi connectivity index (χ4v) is 3.53. The molecule has 0 saturated carbocycles. The molecule has 0 aliphatic carbocycles. The number of furan rings is 1. The molecule has 0 radical (unpaired) electrons. The average Bonchev–Trinajstić information content (AvgIpc) is 3.31. The van der Waals surface area contributed by atoms with Gasteiger partial charge in [0, 0.05) is 29.5 Å². The van der Waals surface area contributed by atoms with Crippen molar-refractivity contribution in [2.45, 2.75) is 34.1 Å². The normalized spacial score (nSPS) is 11.2. The Labute approximate surface area is 169 Å². The first-order valence-corrected chi connectivity index (χ1v) is 9.73. The molecule has 2 heterocycles. The summed E-state index contributed by atoms with van der Waals surface area (Å²) in [4.78, 5) is 17.2. The van der Waals surface area contributed by atoms with Gasteiger partial charge in [-0.15, -0.1) is 0 Å². The number of aryl methyl sites for hydroxylation is 4. The van der Waals surface area contributed by atoms with Crippen LogP contribution in [-0.2, 0) is 6.42 Å². The molecule has 29 heavy (non-hydrogen) atoms. The molecule has 0 spiro atoms. The second-order valence-corrected chi connectivity index (χ2v) is 7.48. The van der Waals surface area contributed by atoms with Crippen LogP contribution in [0.25, 0.3) is 22.4 Å². The van der Waals surface area contributed by atoms with Gasteiger partial charge in [-0.05, 0) is 51.0 Å². The molecule has 2 aromatic carbocycles. The summed E-state index contributed by atoms with van der Waals surface area (Å²) in [5.74, 6) is 0.753. The molecule has 5 nitrogen and oxygen atoms in total. The van der Waals surface area contributed by atoms with Gasteiger partial charge >= 0.3 is 0 Å². The lowest BCUT2D eigenvalue weighted by Gasteiger charge is -2.02. The Morgan fingerprint density at radius 1 is 1.00 bits per heavy atom. The predicted octanol–water partition coefficient (Wildman–Crippen LogP) is 5.29. The van der Waals surface area contributed by atoms with E-state index in [1.807, 2.05) is 58.0 Å². The zero-order valence-electron chi connectivity index (χ0n) is 17.1. The lowest BCUT2D eigenvalue weighted by Crippen LogP contribution is -2.25. The fraction of sp³-hybridized carbons (Fsp3) is 0.250. The molecule has 4 rings (SSSR count). The largest absolute Gasteiger partial charge is 0.450 e. The number of aromatic nitrogens is 1. The standard InChI is InChI=1S/C24H24N2O3/c1-14-5-9-18(10-6-14)24-26-19(13-28-24)11-12-25-23(27)22-17(4)20-15(2)7-8-16(3)21(20)29-22/h5-10,13H,11-12H2,1-4H3,(H,25,27). The number of carbonyl (C=O) groups excluding carboxylic acids is 1. The molecular weight excluding hydrogens is 364 g/mol. The summed E-state index contributed by atoms with van der Waals surface area (Å²) in [6.45, 7) is 8.44. The van der Waals surface area contributed by atoms with Crippen LogP contribution in [-0.4, -0.2) is 17.4 Å². The van der Waals surface area contributed by atoms with Crippen LogP contribution < -0.4 is 5.32 Å². The SMILES string of the molecule is Cc1ccc(-c2nc(CCNC(=O)c3oc4c(C)ccc(C)c4c3C)co2)cc1. The van der Waals surface area contributed by atoms with E-state index in [2.05, 4.69) is 16.4 Å². The summed E-state index contributed by atoms with van der Waals surface area (Å²) in [6.07, 6.45) is 2.22. The molecule has 0 atom stereocenters. The van der Waals surface area contributed by atoms with Crippen LogP contribution in [0.3, 0.4) is 0 Å². The van der Waals surface area contributed by atoms with E-state index in [0.717, 1.165) is 38.9 Å². The second kappa shape index (κ2) is 7.59. The molecule has 4 aromatic rings. The molecule has 1 N–H and O–H groups in total. The van der Waals surface area contributed by atoms with E-state index in [-0.39, 0.29) is 5.91 Å². The highest BCUT2D eigenvalue weighted by molar-refractivity contribution is 6.00. The average molecular weight is 388 g/mol. The maximum absolute atomic E-state index is 12.7. The van der Waals surface area contributed by atoms with Crippen molar-refractivity contribution in [1.82, 2.24) is 10.3 Å². The van der Waals surface area contributed by atoms with Gasteiger partial charge in [-0.3, -0.25) is 4.79 Å². The van der Waals surface area contributed by atoms with Crippen LogP contribution in [0.1, 0.15) is 38.5 Å². The third-order valence-corrected chi connectivity index (χ3v) is 5.21. The summed E-state index contributed by atoms with van der Waals surface area (Å²) < 4.78 is 11.5. The Balaban J connectivity index is 1.43. The number of carbonyl (C=O) groups is 1. The Hall–Kier alpha value is -3.34. The van der Waals surface area contributed by atoms with Crippen molar-refractivity contribution >= 4 is 16.9 Å². The Morgan fingerprint density at radius 2 is 1.72 bits per heavy atom. The van der Waals surface area contributed by atoms with Gasteiger partial charge in [-0.1, -0.05) is 29.8 Å². The number of rotatable bonds is 5. The number of oxazole rings is 1. The number of hydrogen-bond acceptors (Lipinski definition) is 4. The zero-order chi connectivity index (χ0) is 20.5. The van der Waals surface area contributed by atoms with Crippen LogP contribution in [0, 0.1) is 27.7 Å². The lowest BCUT2D eigenvalue weighted by atomic mass is 10.0. The topological polar surface area (TPSA) is 68.3 Å². The molecule has 0 aliphatic heterocycles. The maximum atomic E-state index is 12.7. The van der Waals surface area contributed by atoms with Gasteiger partial charge in [0.05, 0.1) is 5.69 Å². The van der Waals surface area contributed by atoms with Crippen LogP contribution in [0.2, 0.25) is 0 Å². The summed E-state index contributed by atoms with van der Waals surface area (Å²) in [7, 11) is 0. The monoisotopic (exact) mass is 388 g/mol. The molecule has 0 saturated heterocycles. The van der Waals surface area contributed by atoms with E-state index >= 15 is 0 Å². The van der Waals surface area contributed by atoms with Crippen LogP contribution >= 0.6 is 0 Å². The first-order valence-electron chi connectivity index (χ1n) is 9.73. The van der Waals surface area contributed by atoms with Gasteiger partial charge in [0.1, 0.15) is 11.8 Å². The number of amides is 1. The van der Waals surface area contributed by atoms with E-state index in [1.165, 1.54) is 5.56 Å². The van der Waals surface area contributed by atoms with Crippen LogP contribution in [0.15, 0.2) is 51.5 Å². The van der Waals surface area contributed by atoms with Crippen molar-refractivity contribution in [2.24, 2.45) is 0 Å². The van der Waals surface area contributed by atoms with E-state index in [9.17, 15) is 4.79 Å². The lowest BCUT2D eigenvalue weighted by molar-refractivity contribution is 0.0927. The Bertz CT molecular complexity index is 1180. The van der Waals surface area contributed by atoms with E-state index in [0.29, 0.717) is 24.6 Å². The van der Waals surface area contributed by atoms with E-state index < -0.39 is 0 Å². The third-order valence-electron chi connectivity index (χ3n) is 5.21. The molecule has 2 aromatic heterocycles. The highest BCUT2D eigenvalue weighted by Crippen LogP contribution is 2.30. The fourth-order valence-electron chi connectivity index (χ4n) is 3.53. The number of benzene rings is 2. The number of nitrogens with one attached hydrogen (secondary N) is 1. The Morgan fingerprint density at radius 3 is 2.45 bits per heavy atom. The molecule has 0 aliphatic rings. The summed E-state index contributed by atoms with van der Waals surface area (Å²) in [5.41, 5.74) is 6.72. The molecule has 0 unspecified atom stereocenters. The van der Waals surface area contributed by atoms with Crippen LogP contribution in [0.5, 0.6) is 0 Å². The number of hydrogen-bond donors (Lipinski definition) is 1. The van der Waals surface area contributed by atoms with Gasteiger partial charge in [-0.25, -0.2) is 4.98 Å². The maximum Gasteiger partial charge on any atom is 0.287 e. The van der Waals surface area contributed by atoms with E-state index in [4.69, 9.17) is 8.83 Å². The summed E-state index contributed by atoms with van der Waals surface area (Å²) in [6, 6.07) is 12.1. The Kier molecular flexibility index (Phi) is 4.97. The first kappa shape index (κ1) is 19.0. The molecule has 0 bridgehead atoms. The molecule has 1 amide bonds. The minimum absolute atomic E-state index is 0.209. The first-order chi connectivity index (χ1) is 13.9. The van der Waals surface area contributed by atoms with Crippen molar-refractivity contribution in [2.75, 3.05) is 6.54 Å². The van der Waals surface area contributed by atoms with Gasteiger partial charge < -0.3 is 14.2 Å². The van der Waals surface area contributed by atoms with Gasteiger partial charge in [0.25, 0.3) is 5.91 Å². The second-order valence-electron chi connectivity index (χ2n) is 7.48. The smallest absolute Gasteiger partial charge is 0.287 e. The molecule has 0 fully saturated rings. The minimum atomic E-state index is -0.209. The minimum Gasteiger partial charge on any atom is -0.450 e. The van der Waals surface area contributed by atoms with Gasteiger partial charge in [0.15, 0.2) is 5.76 Å². The highest BCUT2D eigenvalue weighted by atomic mass is 16.3. The number of nitrogens with zero attached hydrogens (tertiary/aromatic N) is 1. The van der Waals surface area contributed by atoms with Crippen molar-refractivity contribution in [3.8, 4) is 11.5 Å². The molecular formula is C24H24N2O3. The van der Waals surface area contributed by atoms with Gasteiger partial charge in [0.2, 0.25) is 5.89 Å². The zero-order valence-corrected chi connectivity index (χ0v) is 17.1. The molecule has 5 heteroatoms. The van der Waals surface area contributed by atoms with Crippen molar-refractivity contribution < 1.29 is 13.6 Å². The molecule has 148 valence electrons. The quantitative estimate of drug-likeness (QED) is 0.504. The predicted molar refractivity (Wildman–Crippen MR) is 113 cm³/mol. The summed E-state index contributed by atoms with van der Waals surface area (Å²) in [5, 5.41) is 3.95. The van der Waals surface area contributed by atoms with Gasteiger partial charge in [-0.2, -0.15) is 0 Å². The van der Waals surface area contributed by atoms with Crippen molar-refractivity contribution in [3.63, 3.8) is 0 Å².